The lowest BCUT2D eigenvalue weighted by molar-refractivity contribution is -0.141. The second-order valence-electron chi connectivity index (χ2n) is 4.31. The molecule has 2 heteroatoms. The van der Waals surface area contributed by atoms with Crippen LogP contribution in [0.1, 0.15) is 29.2 Å². The number of aliphatic carboxylic acids is 1. The van der Waals surface area contributed by atoms with Crippen molar-refractivity contribution in [1.29, 1.82) is 0 Å². The first-order valence-electron chi connectivity index (χ1n) is 5.21. The zero-order valence-corrected chi connectivity index (χ0v) is 9.79. The molecule has 1 unspecified atom stereocenters. The number of benzene rings is 1. The van der Waals surface area contributed by atoms with Gasteiger partial charge in [-0.3, -0.25) is 4.79 Å². The van der Waals surface area contributed by atoms with E-state index in [0.29, 0.717) is 6.42 Å². The van der Waals surface area contributed by atoms with Crippen LogP contribution in [0.2, 0.25) is 0 Å². The van der Waals surface area contributed by atoms with Gasteiger partial charge in [-0.2, -0.15) is 0 Å². The first-order valence-corrected chi connectivity index (χ1v) is 5.21. The average Bonchev–Trinajstić information content (AvgIpc) is 2.13. The van der Waals surface area contributed by atoms with Crippen molar-refractivity contribution in [2.45, 2.75) is 34.1 Å². The smallest absolute Gasteiger partial charge is 0.306 e. The van der Waals surface area contributed by atoms with Crippen molar-refractivity contribution < 1.29 is 9.90 Å². The maximum absolute atomic E-state index is 10.8. The molecule has 0 aromatic heterocycles. The van der Waals surface area contributed by atoms with Gasteiger partial charge in [0.1, 0.15) is 0 Å². The summed E-state index contributed by atoms with van der Waals surface area (Å²) in [6.45, 7) is 7.91. The van der Waals surface area contributed by atoms with Crippen LogP contribution in [0, 0.1) is 26.7 Å². The minimum absolute atomic E-state index is 0.315. The summed E-state index contributed by atoms with van der Waals surface area (Å²) in [6.07, 6.45) is 0.615. The Hall–Kier alpha value is -1.31. The van der Waals surface area contributed by atoms with Gasteiger partial charge < -0.3 is 5.11 Å². The standard InChI is InChI=1S/C13H18O2/c1-8-5-9(2)11(4)12(6-8)7-10(3)13(14)15/h5-6,10H,7H2,1-4H3,(H,14,15). The number of aryl methyl sites for hydroxylation is 2. The molecule has 82 valence electrons. The average molecular weight is 206 g/mol. The Labute approximate surface area is 90.9 Å². The van der Waals surface area contributed by atoms with Gasteiger partial charge in [0.15, 0.2) is 0 Å². The van der Waals surface area contributed by atoms with E-state index in [4.69, 9.17) is 5.11 Å². The second kappa shape index (κ2) is 4.47. The van der Waals surface area contributed by atoms with Crippen LogP contribution in [0.5, 0.6) is 0 Å². The largest absolute Gasteiger partial charge is 0.481 e. The third-order valence-corrected chi connectivity index (χ3v) is 2.87. The molecule has 1 N–H and O–H groups in total. The minimum Gasteiger partial charge on any atom is -0.481 e. The molecule has 15 heavy (non-hydrogen) atoms. The Morgan fingerprint density at radius 2 is 1.93 bits per heavy atom. The van der Waals surface area contributed by atoms with E-state index in [9.17, 15) is 4.79 Å². The third kappa shape index (κ3) is 2.82. The highest BCUT2D eigenvalue weighted by molar-refractivity contribution is 5.70. The van der Waals surface area contributed by atoms with Crippen LogP contribution in [-0.2, 0) is 11.2 Å². The molecule has 0 bridgehead atoms. The molecular weight excluding hydrogens is 188 g/mol. The number of rotatable bonds is 3. The summed E-state index contributed by atoms with van der Waals surface area (Å²) in [5, 5.41) is 8.87. The summed E-state index contributed by atoms with van der Waals surface area (Å²) in [7, 11) is 0. The summed E-state index contributed by atoms with van der Waals surface area (Å²) in [4.78, 5) is 10.8. The molecule has 0 radical (unpaired) electrons. The summed E-state index contributed by atoms with van der Waals surface area (Å²) < 4.78 is 0. The van der Waals surface area contributed by atoms with Gasteiger partial charge in [0.2, 0.25) is 0 Å². The molecule has 1 atom stereocenters. The molecule has 2 nitrogen and oxygen atoms in total. The van der Waals surface area contributed by atoms with Crippen LogP contribution in [0.25, 0.3) is 0 Å². The predicted molar refractivity (Wildman–Crippen MR) is 61.2 cm³/mol. The molecule has 0 heterocycles. The van der Waals surface area contributed by atoms with Crippen molar-refractivity contribution in [2.24, 2.45) is 5.92 Å². The molecule has 0 aliphatic rings. The van der Waals surface area contributed by atoms with Gasteiger partial charge in [-0.05, 0) is 43.9 Å². The highest BCUT2D eigenvalue weighted by Crippen LogP contribution is 2.19. The molecule has 0 spiro atoms. The number of carboxylic acids is 1. The van der Waals surface area contributed by atoms with Crippen LogP contribution >= 0.6 is 0 Å². The predicted octanol–water partition coefficient (Wildman–Crippen LogP) is 2.88. The van der Waals surface area contributed by atoms with E-state index in [-0.39, 0.29) is 5.92 Å². The highest BCUT2D eigenvalue weighted by atomic mass is 16.4. The van der Waals surface area contributed by atoms with Crippen molar-refractivity contribution in [2.75, 3.05) is 0 Å². The van der Waals surface area contributed by atoms with Gasteiger partial charge in [0.05, 0.1) is 5.92 Å². The van der Waals surface area contributed by atoms with Gasteiger partial charge in [0.25, 0.3) is 0 Å². The summed E-state index contributed by atoms with van der Waals surface area (Å²) >= 11 is 0. The van der Waals surface area contributed by atoms with E-state index in [1.807, 2.05) is 6.92 Å². The Balaban J connectivity index is 2.99. The fourth-order valence-corrected chi connectivity index (χ4v) is 1.76. The normalized spacial score (nSPS) is 12.5. The van der Waals surface area contributed by atoms with Crippen molar-refractivity contribution >= 4 is 5.97 Å². The van der Waals surface area contributed by atoms with Crippen LogP contribution in [0.3, 0.4) is 0 Å². The van der Waals surface area contributed by atoms with E-state index in [1.165, 1.54) is 16.7 Å². The van der Waals surface area contributed by atoms with E-state index >= 15 is 0 Å². The second-order valence-corrected chi connectivity index (χ2v) is 4.31. The first kappa shape index (κ1) is 11.8. The third-order valence-electron chi connectivity index (χ3n) is 2.87. The molecule has 0 amide bonds. The lowest BCUT2D eigenvalue weighted by Gasteiger charge is -2.12. The van der Waals surface area contributed by atoms with Crippen molar-refractivity contribution in [3.05, 3.63) is 34.4 Å². The van der Waals surface area contributed by atoms with E-state index in [1.54, 1.807) is 6.92 Å². The Bertz CT molecular complexity index is 380. The maximum atomic E-state index is 10.8. The Morgan fingerprint density at radius 3 is 2.47 bits per heavy atom. The Kier molecular flexibility index (Phi) is 3.51. The van der Waals surface area contributed by atoms with Gasteiger partial charge in [-0.15, -0.1) is 0 Å². The van der Waals surface area contributed by atoms with Crippen molar-refractivity contribution in [3.8, 4) is 0 Å². The summed E-state index contributed by atoms with van der Waals surface area (Å²) in [5.74, 6) is -1.04. The molecule has 0 saturated heterocycles. The van der Waals surface area contributed by atoms with Gasteiger partial charge >= 0.3 is 5.97 Å². The number of hydrogen-bond acceptors (Lipinski definition) is 1. The topological polar surface area (TPSA) is 37.3 Å². The molecule has 0 aliphatic heterocycles. The highest BCUT2D eigenvalue weighted by Gasteiger charge is 2.13. The van der Waals surface area contributed by atoms with Gasteiger partial charge in [-0.1, -0.05) is 24.6 Å². The molecule has 1 aromatic carbocycles. The Morgan fingerprint density at radius 1 is 1.33 bits per heavy atom. The van der Waals surface area contributed by atoms with Crippen LogP contribution in [0.4, 0.5) is 0 Å². The van der Waals surface area contributed by atoms with Crippen molar-refractivity contribution in [1.82, 2.24) is 0 Å². The van der Waals surface area contributed by atoms with Gasteiger partial charge in [-0.25, -0.2) is 0 Å². The molecule has 1 rings (SSSR count). The summed E-state index contributed by atoms with van der Waals surface area (Å²) in [6, 6.07) is 4.21. The number of carboxylic acid groups (broad SMARTS) is 1. The van der Waals surface area contributed by atoms with Crippen LogP contribution < -0.4 is 0 Å². The molecule has 0 aliphatic carbocycles. The lowest BCUT2D eigenvalue weighted by atomic mass is 9.93. The lowest BCUT2D eigenvalue weighted by Crippen LogP contribution is -2.13. The van der Waals surface area contributed by atoms with Crippen LogP contribution in [-0.4, -0.2) is 11.1 Å². The van der Waals surface area contributed by atoms with E-state index in [0.717, 1.165) is 5.56 Å². The molecular formula is C13H18O2. The summed E-state index contributed by atoms with van der Waals surface area (Å²) in [5.41, 5.74) is 4.81. The monoisotopic (exact) mass is 206 g/mol. The maximum Gasteiger partial charge on any atom is 0.306 e. The minimum atomic E-state index is -0.728. The first-order chi connectivity index (χ1) is 6.91. The fraction of sp³-hybridized carbons (Fsp3) is 0.462. The zero-order chi connectivity index (χ0) is 11.6. The number of carbonyl (C=O) groups is 1. The molecule has 1 aromatic rings. The number of hydrogen-bond donors (Lipinski definition) is 1. The SMILES string of the molecule is Cc1cc(C)c(C)c(CC(C)C(=O)O)c1. The molecule has 0 fully saturated rings. The van der Waals surface area contributed by atoms with Gasteiger partial charge in [0, 0.05) is 0 Å². The van der Waals surface area contributed by atoms with E-state index in [2.05, 4.69) is 26.0 Å². The van der Waals surface area contributed by atoms with E-state index < -0.39 is 5.97 Å². The van der Waals surface area contributed by atoms with Crippen molar-refractivity contribution in [3.63, 3.8) is 0 Å². The fourth-order valence-electron chi connectivity index (χ4n) is 1.76. The quantitative estimate of drug-likeness (QED) is 0.825. The zero-order valence-electron chi connectivity index (χ0n) is 9.79. The molecule has 0 saturated carbocycles. The van der Waals surface area contributed by atoms with Crippen LogP contribution in [0.15, 0.2) is 12.1 Å².